The fraction of sp³-hybridized carbons (Fsp3) is 0.250. The zero-order valence-electron chi connectivity index (χ0n) is 16.9. The van der Waals surface area contributed by atoms with Gasteiger partial charge in [-0.25, -0.2) is 9.79 Å². The molecule has 2 aliphatic heterocycles. The van der Waals surface area contributed by atoms with E-state index in [0.717, 1.165) is 0 Å². The van der Waals surface area contributed by atoms with Crippen molar-refractivity contribution in [2.75, 3.05) is 20.2 Å². The van der Waals surface area contributed by atoms with Gasteiger partial charge in [0.15, 0.2) is 11.5 Å². The minimum Gasteiger partial charge on any atom is -0.491 e. The maximum absolute atomic E-state index is 12.8. The van der Waals surface area contributed by atoms with Gasteiger partial charge in [-0.15, -0.1) is 0 Å². The van der Waals surface area contributed by atoms with Crippen LogP contribution < -0.4 is 14.8 Å². The van der Waals surface area contributed by atoms with Gasteiger partial charge < -0.3 is 9.47 Å². The second kappa shape index (κ2) is 7.94. The van der Waals surface area contributed by atoms with E-state index in [2.05, 4.69) is 25.0 Å². The van der Waals surface area contributed by atoms with E-state index < -0.39 is 23.8 Å². The molecule has 9 nitrogen and oxygen atoms in total. The fourth-order valence-corrected chi connectivity index (χ4v) is 3.32. The number of esters is 1. The summed E-state index contributed by atoms with van der Waals surface area (Å²) in [6, 6.07) is 5.83. The Morgan fingerprint density at radius 2 is 2.00 bits per heavy atom. The van der Waals surface area contributed by atoms with Crippen LogP contribution in [-0.2, 0) is 4.79 Å². The first kappa shape index (κ1) is 21.3. The number of amides is 1. The van der Waals surface area contributed by atoms with Gasteiger partial charge >= 0.3 is 12.1 Å². The minimum atomic E-state index is -5.18. The molecule has 0 spiro atoms. The normalized spacial score (nSPS) is 14.7. The largest absolute Gasteiger partial charge is 0.491 e. The van der Waals surface area contributed by atoms with Crippen LogP contribution in [0.2, 0.25) is 0 Å². The Balaban J connectivity index is 1.75. The standard InChI is InChI=1S/C20H16F3N5O4/c1-10-11(4-3-7-24-10)17(29)27-19-26-14-12(16-25-8-9-28(16)19)5-6-13(15(14)31-2)32-18(30)20(21,22)23/h3-7H,8-9H2,1-2H3,(H,26,27,29). The Kier molecular flexibility index (Phi) is 5.28. The number of alkyl halides is 3. The lowest BCUT2D eigenvalue weighted by molar-refractivity contribution is -0.189. The first-order valence-electron chi connectivity index (χ1n) is 9.34. The van der Waals surface area contributed by atoms with Gasteiger partial charge in [0, 0.05) is 24.0 Å². The van der Waals surface area contributed by atoms with E-state index in [1.54, 1.807) is 30.2 Å². The van der Waals surface area contributed by atoms with Gasteiger partial charge in [-0.3, -0.25) is 25.0 Å². The van der Waals surface area contributed by atoms with E-state index in [9.17, 15) is 22.8 Å². The van der Waals surface area contributed by atoms with E-state index in [1.165, 1.54) is 19.2 Å². The highest BCUT2D eigenvalue weighted by Gasteiger charge is 2.42. The van der Waals surface area contributed by atoms with Gasteiger partial charge in [0.1, 0.15) is 11.5 Å². The quantitative estimate of drug-likeness (QED) is 0.572. The third kappa shape index (κ3) is 3.74. The van der Waals surface area contributed by atoms with Gasteiger partial charge in [0.05, 0.1) is 19.2 Å². The summed E-state index contributed by atoms with van der Waals surface area (Å²) in [4.78, 5) is 38.7. The second-order valence-corrected chi connectivity index (χ2v) is 6.76. The summed E-state index contributed by atoms with van der Waals surface area (Å²) in [5.41, 5.74) is 1.38. The first-order valence-corrected chi connectivity index (χ1v) is 9.34. The average molecular weight is 447 g/mol. The lowest BCUT2D eigenvalue weighted by Crippen LogP contribution is -2.47. The lowest BCUT2D eigenvalue weighted by Gasteiger charge is -2.28. The number of aliphatic imine (C=N–C) groups is 2. The number of pyridine rings is 1. The summed E-state index contributed by atoms with van der Waals surface area (Å²) in [6.45, 7) is 2.54. The number of nitrogens with one attached hydrogen (secondary N) is 1. The number of aromatic nitrogens is 1. The number of halogens is 3. The van der Waals surface area contributed by atoms with Crippen molar-refractivity contribution < 1.29 is 32.2 Å². The number of benzene rings is 1. The van der Waals surface area contributed by atoms with Crippen LogP contribution in [0.1, 0.15) is 21.6 Å². The van der Waals surface area contributed by atoms with Crippen molar-refractivity contribution in [3.8, 4) is 11.5 Å². The van der Waals surface area contributed by atoms with Crippen LogP contribution >= 0.6 is 0 Å². The molecule has 0 aliphatic carbocycles. The first-order chi connectivity index (χ1) is 15.2. The smallest absolute Gasteiger partial charge is 0.491 e. The second-order valence-electron chi connectivity index (χ2n) is 6.76. The predicted octanol–water partition coefficient (Wildman–Crippen LogP) is 2.36. The highest BCUT2D eigenvalue weighted by atomic mass is 19.4. The number of carbonyl (C=O) groups is 2. The lowest BCUT2D eigenvalue weighted by atomic mass is 10.1. The van der Waals surface area contributed by atoms with Crippen LogP contribution in [0.3, 0.4) is 0 Å². The maximum Gasteiger partial charge on any atom is 0.491 e. The van der Waals surface area contributed by atoms with Crippen molar-refractivity contribution in [3.63, 3.8) is 0 Å². The van der Waals surface area contributed by atoms with Crippen LogP contribution in [0.25, 0.3) is 0 Å². The molecule has 0 bridgehead atoms. The summed E-state index contributed by atoms with van der Waals surface area (Å²) < 4.78 is 47.7. The molecule has 2 aromatic rings. The molecule has 0 saturated carbocycles. The molecule has 32 heavy (non-hydrogen) atoms. The van der Waals surface area contributed by atoms with Crippen LogP contribution in [0.4, 0.5) is 18.9 Å². The number of nitrogens with zero attached hydrogens (tertiary/aromatic N) is 4. The SMILES string of the molecule is COc1c(OC(=O)C(F)(F)F)ccc2c1N=C(NC(=O)c1cccnc1C)N1CCN=C21. The summed E-state index contributed by atoms with van der Waals surface area (Å²) in [7, 11) is 1.20. The summed E-state index contributed by atoms with van der Waals surface area (Å²) in [5, 5.41) is 2.70. The van der Waals surface area contributed by atoms with Crippen molar-refractivity contribution >= 4 is 29.4 Å². The van der Waals surface area contributed by atoms with Crippen LogP contribution in [0.5, 0.6) is 11.5 Å². The number of hydrogen-bond acceptors (Lipinski definition) is 8. The number of amidine groups is 1. The van der Waals surface area contributed by atoms with E-state index in [-0.39, 0.29) is 17.4 Å². The van der Waals surface area contributed by atoms with E-state index in [4.69, 9.17) is 4.74 Å². The van der Waals surface area contributed by atoms with Crippen molar-refractivity contribution in [2.24, 2.45) is 9.98 Å². The number of carbonyl (C=O) groups excluding carboxylic acids is 2. The zero-order valence-corrected chi connectivity index (χ0v) is 16.9. The Morgan fingerprint density at radius 3 is 2.69 bits per heavy atom. The average Bonchev–Trinajstić information content (AvgIpc) is 3.23. The van der Waals surface area contributed by atoms with E-state index in [1.807, 2.05) is 0 Å². The van der Waals surface area contributed by atoms with Gasteiger partial charge in [-0.05, 0) is 31.2 Å². The molecule has 1 aromatic carbocycles. The number of hydrogen-bond donors (Lipinski definition) is 1. The number of rotatable bonds is 3. The molecule has 0 fully saturated rings. The zero-order chi connectivity index (χ0) is 23.0. The topological polar surface area (TPSA) is 105 Å². The number of ether oxygens (including phenoxy) is 2. The van der Waals surface area contributed by atoms with Crippen molar-refractivity contribution in [1.82, 2.24) is 15.2 Å². The van der Waals surface area contributed by atoms with Gasteiger partial charge in [-0.2, -0.15) is 13.2 Å². The number of methoxy groups -OCH3 is 1. The highest BCUT2D eigenvalue weighted by molar-refractivity contribution is 6.20. The molecule has 166 valence electrons. The molecule has 1 amide bonds. The number of fused-ring (bicyclic) bond motifs is 3. The molecule has 0 unspecified atom stereocenters. The molecule has 0 atom stereocenters. The predicted molar refractivity (Wildman–Crippen MR) is 106 cm³/mol. The minimum absolute atomic E-state index is 0.0788. The third-order valence-electron chi connectivity index (χ3n) is 4.77. The van der Waals surface area contributed by atoms with E-state index >= 15 is 0 Å². The Bertz CT molecular complexity index is 1180. The molecule has 0 saturated heterocycles. The molecule has 1 aromatic heterocycles. The summed E-state index contributed by atoms with van der Waals surface area (Å²) >= 11 is 0. The van der Waals surface area contributed by atoms with Crippen molar-refractivity contribution in [3.05, 3.63) is 47.3 Å². The van der Waals surface area contributed by atoms with Gasteiger partial charge in [0.2, 0.25) is 5.96 Å². The summed E-state index contributed by atoms with van der Waals surface area (Å²) in [6.07, 6.45) is -3.63. The molecular formula is C20H16F3N5O4. The van der Waals surface area contributed by atoms with Crippen LogP contribution in [-0.4, -0.2) is 59.9 Å². The van der Waals surface area contributed by atoms with Crippen molar-refractivity contribution in [2.45, 2.75) is 13.1 Å². The molecule has 1 N–H and O–H groups in total. The van der Waals surface area contributed by atoms with Crippen molar-refractivity contribution in [1.29, 1.82) is 0 Å². The third-order valence-corrected chi connectivity index (χ3v) is 4.77. The maximum atomic E-state index is 12.8. The molecule has 12 heteroatoms. The summed E-state index contributed by atoms with van der Waals surface area (Å²) in [5.74, 6) is -2.95. The molecule has 0 radical (unpaired) electrons. The van der Waals surface area contributed by atoms with Crippen LogP contribution in [0.15, 0.2) is 40.4 Å². The Labute approximate surface area is 179 Å². The Hall–Kier alpha value is -3.96. The Morgan fingerprint density at radius 1 is 1.22 bits per heavy atom. The highest BCUT2D eigenvalue weighted by Crippen LogP contribution is 2.43. The van der Waals surface area contributed by atoms with Gasteiger partial charge in [0.25, 0.3) is 5.91 Å². The molecule has 2 aliphatic rings. The molecule has 4 rings (SSSR count). The monoisotopic (exact) mass is 447 g/mol. The van der Waals surface area contributed by atoms with Crippen LogP contribution in [0, 0.1) is 6.92 Å². The number of aryl methyl sites for hydroxylation is 1. The molecular weight excluding hydrogens is 431 g/mol. The van der Waals surface area contributed by atoms with E-state index in [0.29, 0.717) is 35.7 Å². The van der Waals surface area contributed by atoms with Gasteiger partial charge in [-0.1, -0.05) is 0 Å². The number of guanidine groups is 1. The fourth-order valence-electron chi connectivity index (χ4n) is 3.32. The molecule has 3 heterocycles.